The predicted molar refractivity (Wildman–Crippen MR) is 93.9 cm³/mol. The Morgan fingerprint density at radius 3 is 2.50 bits per heavy atom. The van der Waals surface area contributed by atoms with Crippen molar-refractivity contribution in [2.24, 2.45) is 11.8 Å². The van der Waals surface area contributed by atoms with E-state index in [1.54, 1.807) is 12.1 Å². The molecule has 0 saturated heterocycles. The summed E-state index contributed by atoms with van der Waals surface area (Å²) in [5.41, 5.74) is 0.420. The van der Waals surface area contributed by atoms with Gasteiger partial charge in [0.25, 0.3) is 0 Å². The summed E-state index contributed by atoms with van der Waals surface area (Å²) in [5, 5.41) is 21.2. The third-order valence-electron chi connectivity index (χ3n) is 4.54. The molecule has 1 heterocycles. The number of carbonyl (C=O) groups excluding carboxylic acids is 1. The van der Waals surface area contributed by atoms with Gasteiger partial charge in [0, 0.05) is 11.5 Å². The quantitative estimate of drug-likeness (QED) is 0.851. The number of nitrogens with zero attached hydrogens (tertiary/aromatic N) is 2. The van der Waals surface area contributed by atoms with Gasteiger partial charge in [0.05, 0.1) is 5.92 Å². The summed E-state index contributed by atoms with van der Waals surface area (Å²) in [6, 6.07) is 8.00. The van der Waals surface area contributed by atoms with Crippen LogP contribution in [0, 0.1) is 29.0 Å². The van der Waals surface area contributed by atoms with Crippen LogP contribution in [-0.2, 0) is 9.59 Å². The fourth-order valence-electron chi connectivity index (χ4n) is 3.10. The largest absolute Gasteiger partial charge is 0.481 e. The molecule has 0 radical (unpaired) electrons. The molecule has 1 aromatic carbocycles. The molecule has 1 aromatic heterocycles. The minimum Gasteiger partial charge on any atom is -0.481 e. The molecule has 2 N–H and O–H groups in total. The van der Waals surface area contributed by atoms with Gasteiger partial charge < -0.3 is 10.4 Å². The van der Waals surface area contributed by atoms with E-state index in [9.17, 15) is 19.2 Å². The second kappa shape index (κ2) is 7.62. The Bertz CT molecular complexity index is 882. The minimum atomic E-state index is -0.822. The second-order valence-electron chi connectivity index (χ2n) is 6.16. The standard InChI is InChI=1S/C18H16FN3O3S/c19-13-4-2-1-3-12(13)15-14(9-20)26-18(21-15)22-16(23)10-5-7-11(8-6-10)17(24)25/h1-4,10-11H,5-8H2,(H,24,25)(H,21,22,23). The zero-order valence-electron chi connectivity index (χ0n) is 13.7. The van der Waals surface area contributed by atoms with Gasteiger partial charge >= 0.3 is 5.97 Å². The Balaban J connectivity index is 1.73. The van der Waals surface area contributed by atoms with Crippen molar-refractivity contribution in [1.82, 2.24) is 4.98 Å². The van der Waals surface area contributed by atoms with Gasteiger partial charge in [0.15, 0.2) is 5.13 Å². The first kappa shape index (κ1) is 18.0. The first-order valence-electron chi connectivity index (χ1n) is 8.19. The molecule has 134 valence electrons. The number of nitriles is 1. The van der Waals surface area contributed by atoms with E-state index >= 15 is 0 Å². The van der Waals surface area contributed by atoms with E-state index < -0.39 is 17.7 Å². The van der Waals surface area contributed by atoms with E-state index in [2.05, 4.69) is 10.3 Å². The Kier molecular flexibility index (Phi) is 5.28. The molecule has 3 rings (SSSR count). The highest BCUT2D eigenvalue weighted by atomic mass is 32.1. The monoisotopic (exact) mass is 373 g/mol. The van der Waals surface area contributed by atoms with Gasteiger partial charge in [-0.25, -0.2) is 9.37 Å². The van der Waals surface area contributed by atoms with Crippen LogP contribution in [0.5, 0.6) is 0 Å². The van der Waals surface area contributed by atoms with Crippen LogP contribution in [0.1, 0.15) is 30.6 Å². The molecule has 0 unspecified atom stereocenters. The molecule has 0 spiro atoms. The molecule has 1 saturated carbocycles. The molecule has 1 amide bonds. The molecule has 8 heteroatoms. The van der Waals surface area contributed by atoms with E-state index in [1.807, 2.05) is 6.07 Å². The predicted octanol–water partition coefficient (Wildman–Crippen LogP) is 3.65. The van der Waals surface area contributed by atoms with Crippen LogP contribution < -0.4 is 5.32 Å². The zero-order valence-corrected chi connectivity index (χ0v) is 14.6. The highest BCUT2D eigenvalue weighted by Gasteiger charge is 2.30. The van der Waals surface area contributed by atoms with Crippen molar-refractivity contribution in [2.45, 2.75) is 25.7 Å². The Morgan fingerprint density at radius 1 is 1.23 bits per heavy atom. The number of anilines is 1. The highest BCUT2D eigenvalue weighted by molar-refractivity contribution is 7.16. The molecule has 1 aliphatic rings. The maximum atomic E-state index is 14.0. The molecule has 1 aliphatic carbocycles. The third kappa shape index (κ3) is 3.73. The lowest BCUT2D eigenvalue weighted by Gasteiger charge is -2.24. The van der Waals surface area contributed by atoms with Crippen LogP contribution in [0.4, 0.5) is 9.52 Å². The van der Waals surface area contributed by atoms with E-state index in [4.69, 9.17) is 5.11 Å². The molecule has 6 nitrogen and oxygen atoms in total. The first-order valence-corrected chi connectivity index (χ1v) is 9.00. The summed E-state index contributed by atoms with van der Waals surface area (Å²) in [5.74, 6) is -2.22. The van der Waals surface area contributed by atoms with E-state index in [0.717, 1.165) is 11.3 Å². The minimum absolute atomic E-state index is 0.209. The lowest BCUT2D eigenvalue weighted by molar-refractivity contribution is -0.143. The molecule has 0 bridgehead atoms. The number of carboxylic acid groups (broad SMARTS) is 1. The number of hydrogen-bond acceptors (Lipinski definition) is 5. The number of carbonyl (C=O) groups is 2. The summed E-state index contributed by atoms with van der Waals surface area (Å²) in [7, 11) is 0. The Hall–Kier alpha value is -2.79. The maximum absolute atomic E-state index is 14.0. The average Bonchev–Trinajstić information content (AvgIpc) is 3.04. The average molecular weight is 373 g/mol. The van der Waals surface area contributed by atoms with Crippen molar-refractivity contribution in [1.29, 1.82) is 5.26 Å². The van der Waals surface area contributed by atoms with Gasteiger partial charge in [-0.1, -0.05) is 23.5 Å². The van der Waals surface area contributed by atoms with E-state index in [0.29, 0.717) is 25.7 Å². The summed E-state index contributed by atoms with van der Waals surface area (Å²) in [6.45, 7) is 0. The number of hydrogen-bond donors (Lipinski definition) is 2. The van der Waals surface area contributed by atoms with Crippen LogP contribution in [0.25, 0.3) is 11.3 Å². The van der Waals surface area contributed by atoms with Gasteiger partial charge in [-0.3, -0.25) is 9.59 Å². The van der Waals surface area contributed by atoms with Gasteiger partial charge in [0.1, 0.15) is 22.5 Å². The maximum Gasteiger partial charge on any atom is 0.306 e. The van der Waals surface area contributed by atoms with Crippen molar-refractivity contribution in [3.63, 3.8) is 0 Å². The van der Waals surface area contributed by atoms with Crippen LogP contribution in [-0.4, -0.2) is 22.0 Å². The van der Waals surface area contributed by atoms with Crippen molar-refractivity contribution in [2.75, 3.05) is 5.32 Å². The van der Waals surface area contributed by atoms with Crippen molar-refractivity contribution < 1.29 is 19.1 Å². The summed E-state index contributed by atoms with van der Waals surface area (Å²) in [4.78, 5) is 27.8. The molecular weight excluding hydrogens is 357 g/mol. The zero-order chi connectivity index (χ0) is 18.7. The van der Waals surface area contributed by atoms with E-state index in [1.165, 1.54) is 12.1 Å². The number of nitrogens with one attached hydrogen (secondary N) is 1. The smallest absolute Gasteiger partial charge is 0.306 e. The summed E-state index contributed by atoms with van der Waals surface area (Å²) < 4.78 is 14.0. The van der Waals surface area contributed by atoms with Crippen LogP contribution in [0.2, 0.25) is 0 Å². The molecule has 0 aliphatic heterocycles. The Labute approximate surface area is 153 Å². The lowest BCUT2D eigenvalue weighted by atomic mass is 9.81. The van der Waals surface area contributed by atoms with Crippen molar-refractivity contribution >= 4 is 28.3 Å². The Morgan fingerprint density at radius 2 is 1.88 bits per heavy atom. The van der Waals surface area contributed by atoms with E-state index in [-0.39, 0.29) is 33.1 Å². The van der Waals surface area contributed by atoms with Gasteiger partial charge in [-0.05, 0) is 37.8 Å². The third-order valence-corrected chi connectivity index (χ3v) is 5.41. The molecule has 1 fully saturated rings. The number of aromatic nitrogens is 1. The fourth-order valence-corrected chi connectivity index (χ4v) is 3.88. The van der Waals surface area contributed by atoms with Crippen LogP contribution in [0.15, 0.2) is 24.3 Å². The highest BCUT2D eigenvalue weighted by Crippen LogP contribution is 2.34. The number of halogens is 1. The number of carboxylic acids is 1. The number of benzene rings is 1. The van der Waals surface area contributed by atoms with Crippen molar-refractivity contribution in [3.8, 4) is 17.3 Å². The van der Waals surface area contributed by atoms with Crippen molar-refractivity contribution in [3.05, 3.63) is 35.0 Å². The topological polar surface area (TPSA) is 103 Å². The van der Waals surface area contributed by atoms with Gasteiger partial charge in [-0.15, -0.1) is 0 Å². The second-order valence-corrected chi connectivity index (χ2v) is 7.16. The van der Waals surface area contributed by atoms with Crippen LogP contribution >= 0.6 is 11.3 Å². The number of amides is 1. The lowest BCUT2D eigenvalue weighted by Crippen LogP contribution is -2.29. The number of rotatable bonds is 4. The number of thiazole rings is 1. The normalized spacial score (nSPS) is 19.5. The SMILES string of the molecule is N#Cc1sc(NC(=O)C2CCC(C(=O)O)CC2)nc1-c1ccccc1F. The molecule has 0 atom stereocenters. The molecule has 26 heavy (non-hydrogen) atoms. The number of aliphatic carboxylic acids is 1. The first-order chi connectivity index (χ1) is 12.5. The summed E-state index contributed by atoms with van der Waals surface area (Å²) in [6.07, 6.45) is 1.93. The van der Waals surface area contributed by atoms with Gasteiger partial charge in [0.2, 0.25) is 5.91 Å². The molecule has 2 aromatic rings. The summed E-state index contributed by atoms with van der Waals surface area (Å²) >= 11 is 0.996. The molecular formula is C18H16FN3O3S. The van der Waals surface area contributed by atoms with Crippen LogP contribution in [0.3, 0.4) is 0 Å². The fraction of sp³-hybridized carbons (Fsp3) is 0.333. The van der Waals surface area contributed by atoms with Gasteiger partial charge in [-0.2, -0.15) is 5.26 Å².